The molecular weight excluding hydrogens is 389 g/mol. The van der Waals surface area contributed by atoms with Crippen LogP contribution in [0.4, 0.5) is 10.1 Å². The van der Waals surface area contributed by atoms with Gasteiger partial charge in [0.15, 0.2) is 0 Å². The molecule has 0 saturated heterocycles. The van der Waals surface area contributed by atoms with Gasteiger partial charge in [-0.25, -0.2) is 14.4 Å². The number of para-hydroxylation sites is 2. The molecule has 8 nitrogen and oxygen atoms in total. The SMILES string of the molecule is CN1C(=O)C(C=NC(=O)c2n[nH]c(Cc3cccc(F)c3)n2)COc2ccccc21. The summed E-state index contributed by atoms with van der Waals surface area (Å²) in [6.07, 6.45) is 1.55. The molecule has 4 rings (SSSR count). The highest BCUT2D eigenvalue weighted by molar-refractivity contribution is 6.07. The molecule has 9 heteroatoms. The molecule has 30 heavy (non-hydrogen) atoms. The fourth-order valence-corrected chi connectivity index (χ4v) is 3.11. The first-order chi connectivity index (χ1) is 14.5. The zero-order chi connectivity index (χ0) is 21.1. The van der Waals surface area contributed by atoms with Gasteiger partial charge in [0, 0.05) is 19.7 Å². The number of hydrogen-bond acceptors (Lipinski definition) is 5. The van der Waals surface area contributed by atoms with Crippen molar-refractivity contribution in [2.45, 2.75) is 6.42 Å². The maximum Gasteiger partial charge on any atom is 0.316 e. The van der Waals surface area contributed by atoms with Gasteiger partial charge in [-0.1, -0.05) is 24.3 Å². The number of nitrogens with one attached hydrogen (secondary N) is 1. The second-order valence-corrected chi connectivity index (χ2v) is 6.78. The van der Waals surface area contributed by atoms with Crippen LogP contribution in [-0.4, -0.2) is 46.9 Å². The number of fused-ring (bicyclic) bond motifs is 1. The summed E-state index contributed by atoms with van der Waals surface area (Å²) in [5.74, 6) is -1.13. The quantitative estimate of drug-likeness (QED) is 0.670. The molecule has 2 amide bonds. The lowest BCUT2D eigenvalue weighted by Gasteiger charge is -2.17. The third-order valence-corrected chi connectivity index (χ3v) is 4.65. The van der Waals surface area contributed by atoms with Crippen LogP contribution >= 0.6 is 0 Å². The summed E-state index contributed by atoms with van der Waals surface area (Å²) in [4.78, 5) is 34.4. The van der Waals surface area contributed by atoms with Crippen LogP contribution in [0.1, 0.15) is 22.0 Å². The minimum atomic E-state index is -0.725. The van der Waals surface area contributed by atoms with Crippen LogP contribution in [0.15, 0.2) is 53.5 Å². The molecule has 1 atom stereocenters. The van der Waals surface area contributed by atoms with E-state index < -0.39 is 11.8 Å². The summed E-state index contributed by atoms with van der Waals surface area (Å²) in [5.41, 5.74) is 1.35. The van der Waals surface area contributed by atoms with E-state index in [1.165, 1.54) is 23.2 Å². The molecule has 1 unspecified atom stereocenters. The van der Waals surface area contributed by atoms with E-state index in [0.29, 0.717) is 29.2 Å². The van der Waals surface area contributed by atoms with Gasteiger partial charge in [0.1, 0.15) is 29.9 Å². The number of nitrogens with zero attached hydrogens (tertiary/aromatic N) is 4. The van der Waals surface area contributed by atoms with E-state index in [1.54, 1.807) is 31.3 Å². The van der Waals surface area contributed by atoms with Crippen LogP contribution in [0.5, 0.6) is 5.75 Å². The van der Waals surface area contributed by atoms with E-state index in [2.05, 4.69) is 20.2 Å². The van der Waals surface area contributed by atoms with Gasteiger partial charge in [-0.15, -0.1) is 5.10 Å². The first-order valence-electron chi connectivity index (χ1n) is 9.25. The number of amides is 2. The summed E-state index contributed by atoms with van der Waals surface area (Å²) < 4.78 is 19.0. The Kier molecular flexibility index (Phi) is 5.34. The molecule has 3 aromatic rings. The first kappa shape index (κ1) is 19.4. The van der Waals surface area contributed by atoms with Crippen LogP contribution in [0, 0.1) is 11.7 Å². The van der Waals surface area contributed by atoms with Crippen LogP contribution in [-0.2, 0) is 11.2 Å². The van der Waals surface area contributed by atoms with Gasteiger partial charge in [-0.2, -0.15) is 0 Å². The van der Waals surface area contributed by atoms with E-state index in [-0.39, 0.29) is 24.2 Å². The van der Waals surface area contributed by atoms with Gasteiger partial charge >= 0.3 is 5.91 Å². The molecule has 152 valence electrons. The van der Waals surface area contributed by atoms with Crippen molar-refractivity contribution in [2.24, 2.45) is 10.9 Å². The second-order valence-electron chi connectivity index (χ2n) is 6.78. The summed E-state index contributed by atoms with van der Waals surface area (Å²) in [7, 11) is 1.65. The third-order valence-electron chi connectivity index (χ3n) is 4.65. The number of rotatable bonds is 4. The highest BCUT2D eigenvalue weighted by Gasteiger charge is 2.28. The van der Waals surface area contributed by atoms with Crippen molar-refractivity contribution in [3.8, 4) is 5.75 Å². The van der Waals surface area contributed by atoms with Crippen molar-refractivity contribution in [2.75, 3.05) is 18.6 Å². The van der Waals surface area contributed by atoms with Crippen molar-refractivity contribution < 1.29 is 18.7 Å². The molecule has 2 aromatic carbocycles. The predicted octanol–water partition coefficient (Wildman–Crippen LogP) is 2.42. The summed E-state index contributed by atoms with van der Waals surface area (Å²) in [6, 6.07) is 13.3. The van der Waals surface area contributed by atoms with E-state index in [4.69, 9.17) is 4.74 Å². The van der Waals surface area contributed by atoms with E-state index in [0.717, 1.165) is 0 Å². The molecule has 0 aliphatic carbocycles. The number of carbonyl (C=O) groups excluding carboxylic acids is 2. The lowest BCUT2D eigenvalue weighted by atomic mass is 10.1. The molecule has 1 aliphatic heterocycles. The maximum absolute atomic E-state index is 13.3. The lowest BCUT2D eigenvalue weighted by Crippen LogP contribution is -2.34. The number of aromatic amines is 1. The summed E-state index contributed by atoms with van der Waals surface area (Å²) in [5, 5.41) is 6.52. The van der Waals surface area contributed by atoms with Crippen LogP contribution in [0.25, 0.3) is 0 Å². The second kappa shape index (κ2) is 8.24. The number of halogens is 1. The summed E-state index contributed by atoms with van der Waals surface area (Å²) in [6.45, 7) is 0.0653. The number of hydrogen-bond donors (Lipinski definition) is 1. The Labute approximate surface area is 171 Å². The Morgan fingerprint density at radius 1 is 1.33 bits per heavy atom. The van der Waals surface area contributed by atoms with Crippen LogP contribution in [0.3, 0.4) is 0 Å². The third kappa shape index (κ3) is 4.09. The largest absolute Gasteiger partial charge is 0.490 e. The highest BCUT2D eigenvalue weighted by atomic mass is 19.1. The minimum absolute atomic E-state index is 0.0653. The highest BCUT2D eigenvalue weighted by Crippen LogP contribution is 2.30. The molecule has 0 bridgehead atoms. The average Bonchev–Trinajstić information content (AvgIpc) is 3.17. The summed E-state index contributed by atoms with van der Waals surface area (Å²) >= 11 is 0. The molecule has 1 aromatic heterocycles. The number of benzene rings is 2. The molecule has 1 aliphatic rings. The number of anilines is 1. The molecule has 0 radical (unpaired) electrons. The number of ether oxygens (including phenoxy) is 1. The minimum Gasteiger partial charge on any atom is -0.490 e. The van der Waals surface area contributed by atoms with Gasteiger partial charge in [0.05, 0.1) is 5.69 Å². The predicted molar refractivity (Wildman–Crippen MR) is 107 cm³/mol. The van der Waals surface area contributed by atoms with Gasteiger partial charge in [0.2, 0.25) is 11.7 Å². The Balaban J connectivity index is 1.44. The maximum atomic E-state index is 13.3. The molecule has 1 N–H and O–H groups in total. The zero-order valence-electron chi connectivity index (χ0n) is 16.1. The fraction of sp³-hybridized carbons (Fsp3) is 0.190. The molecule has 0 saturated carbocycles. The standard InChI is InChI=1S/C21H18FN5O3/c1-27-16-7-2-3-8-17(16)30-12-14(21(27)29)11-23-20(28)19-24-18(25-26-19)10-13-5-4-6-15(22)9-13/h2-9,11,14H,10,12H2,1H3,(H,24,25,26). The Morgan fingerprint density at radius 2 is 2.17 bits per heavy atom. The van der Waals surface area contributed by atoms with Crippen LogP contribution in [0.2, 0.25) is 0 Å². The fourth-order valence-electron chi connectivity index (χ4n) is 3.11. The van der Waals surface area contributed by atoms with Gasteiger partial charge < -0.3 is 9.64 Å². The molecule has 2 heterocycles. The van der Waals surface area contributed by atoms with Crippen LogP contribution < -0.4 is 9.64 Å². The van der Waals surface area contributed by atoms with Crippen molar-refractivity contribution >= 4 is 23.7 Å². The van der Waals surface area contributed by atoms with E-state index in [9.17, 15) is 14.0 Å². The van der Waals surface area contributed by atoms with Gasteiger partial charge in [0.25, 0.3) is 0 Å². The number of aromatic nitrogens is 3. The van der Waals surface area contributed by atoms with Gasteiger partial charge in [-0.05, 0) is 29.8 Å². The van der Waals surface area contributed by atoms with Gasteiger partial charge in [-0.3, -0.25) is 14.7 Å². The topological polar surface area (TPSA) is 101 Å². The van der Waals surface area contributed by atoms with Crippen molar-refractivity contribution in [1.82, 2.24) is 15.2 Å². The average molecular weight is 407 g/mol. The smallest absolute Gasteiger partial charge is 0.316 e. The first-order valence-corrected chi connectivity index (χ1v) is 9.25. The Bertz CT molecular complexity index is 1130. The number of H-pyrrole nitrogens is 1. The van der Waals surface area contributed by atoms with Crippen molar-refractivity contribution in [3.05, 3.63) is 71.6 Å². The molecular formula is C21H18FN5O3. The molecule has 0 fully saturated rings. The Hall–Kier alpha value is -3.88. The number of carbonyl (C=O) groups is 2. The van der Waals surface area contributed by atoms with Crippen molar-refractivity contribution in [1.29, 1.82) is 0 Å². The van der Waals surface area contributed by atoms with E-state index >= 15 is 0 Å². The zero-order valence-corrected chi connectivity index (χ0v) is 16.1. The Morgan fingerprint density at radius 3 is 3.00 bits per heavy atom. The van der Waals surface area contributed by atoms with Crippen molar-refractivity contribution in [3.63, 3.8) is 0 Å². The van der Waals surface area contributed by atoms with E-state index in [1.807, 2.05) is 12.1 Å². The lowest BCUT2D eigenvalue weighted by molar-refractivity contribution is -0.120. The number of aliphatic imine (C=N–C) groups is 1. The monoisotopic (exact) mass is 407 g/mol. The molecule has 0 spiro atoms. The normalized spacial score (nSPS) is 16.3.